The van der Waals surface area contributed by atoms with Crippen LogP contribution in [0.2, 0.25) is 0 Å². The smallest absolute Gasteiger partial charge is 0.395 e. The lowest BCUT2D eigenvalue weighted by Gasteiger charge is -2.26. The van der Waals surface area contributed by atoms with E-state index in [9.17, 15) is 18.0 Å². The van der Waals surface area contributed by atoms with Gasteiger partial charge in [0, 0.05) is 12.6 Å². The third-order valence-electron chi connectivity index (χ3n) is 2.70. The number of urea groups is 1. The van der Waals surface area contributed by atoms with E-state index in [1.807, 2.05) is 0 Å². The predicted molar refractivity (Wildman–Crippen MR) is 69.4 cm³/mol. The minimum Gasteiger partial charge on any atom is -0.395 e. The van der Waals surface area contributed by atoms with Crippen molar-refractivity contribution in [3.05, 3.63) is 29.8 Å². The van der Waals surface area contributed by atoms with Crippen LogP contribution < -0.4 is 5.32 Å². The van der Waals surface area contributed by atoms with E-state index in [0.717, 1.165) is 6.07 Å². The Morgan fingerprint density at radius 2 is 1.95 bits per heavy atom. The molecule has 2 N–H and O–H groups in total. The summed E-state index contributed by atoms with van der Waals surface area (Å²) >= 11 is 0. The number of aliphatic hydroxyl groups excluding tert-OH is 1. The van der Waals surface area contributed by atoms with Crippen molar-refractivity contribution in [1.82, 2.24) is 4.90 Å². The largest absolute Gasteiger partial charge is 0.418 e. The Bertz CT molecular complexity index is 461. The molecule has 4 nitrogen and oxygen atoms in total. The molecule has 1 aromatic carbocycles. The average molecular weight is 290 g/mol. The van der Waals surface area contributed by atoms with Crippen LogP contribution in [0, 0.1) is 0 Å². The Morgan fingerprint density at radius 3 is 2.45 bits per heavy atom. The van der Waals surface area contributed by atoms with E-state index < -0.39 is 17.8 Å². The van der Waals surface area contributed by atoms with Crippen LogP contribution >= 0.6 is 0 Å². The van der Waals surface area contributed by atoms with E-state index in [-0.39, 0.29) is 24.9 Å². The Morgan fingerprint density at radius 1 is 1.35 bits per heavy atom. The maximum Gasteiger partial charge on any atom is 0.418 e. The van der Waals surface area contributed by atoms with Gasteiger partial charge in [0.15, 0.2) is 0 Å². The molecule has 0 saturated carbocycles. The first-order valence-corrected chi connectivity index (χ1v) is 6.12. The molecule has 0 heterocycles. The fourth-order valence-corrected chi connectivity index (χ4v) is 1.73. The normalized spacial score (nSPS) is 11.6. The second-order valence-electron chi connectivity index (χ2n) is 4.48. The van der Waals surface area contributed by atoms with Gasteiger partial charge in [-0.25, -0.2) is 4.79 Å². The fraction of sp³-hybridized carbons (Fsp3) is 0.462. The van der Waals surface area contributed by atoms with Crippen molar-refractivity contribution in [2.45, 2.75) is 26.1 Å². The molecule has 1 rings (SSSR count). The highest BCUT2D eigenvalue weighted by atomic mass is 19.4. The Kier molecular flexibility index (Phi) is 5.38. The number of amides is 2. The summed E-state index contributed by atoms with van der Waals surface area (Å²) in [5.74, 6) is 0. The van der Waals surface area contributed by atoms with E-state index in [0.29, 0.717) is 0 Å². The van der Waals surface area contributed by atoms with Crippen LogP contribution in [0.4, 0.5) is 23.7 Å². The van der Waals surface area contributed by atoms with Crippen LogP contribution in [0.3, 0.4) is 0 Å². The zero-order valence-electron chi connectivity index (χ0n) is 11.2. The van der Waals surface area contributed by atoms with Crippen molar-refractivity contribution < 1.29 is 23.1 Å². The van der Waals surface area contributed by atoms with Crippen LogP contribution in [0.5, 0.6) is 0 Å². The second kappa shape index (κ2) is 6.60. The number of para-hydroxylation sites is 1. The maximum atomic E-state index is 12.8. The Hall–Kier alpha value is -1.76. The number of carbonyl (C=O) groups is 1. The van der Waals surface area contributed by atoms with Crippen molar-refractivity contribution in [2.75, 3.05) is 18.5 Å². The van der Waals surface area contributed by atoms with Crippen molar-refractivity contribution in [3.63, 3.8) is 0 Å². The summed E-state index contributed by atoms with van der Waals surface area (Å²) < 4.78 is 38.4. The summed E-state index contributed by atoms with van der Waals surface area (Å²) in [5.41, 5.74) is -1.20. The lowest BCUT2D eigenvalue weighted by Crippen LogP contribution is -2.42. The molecule has 20 heavy (non-hydrogen) atoms. The molecule has 0 fully saturated rings. The summed E-state index contributed by atoms with van der Waals surface area (Å²) in [6.07, 6.45) is -4.54. The van der Waals surface area contributed by atoms with Gasteiger partial charge in [-0.1, -0.05) is 12.1 Å². The van der Waals surface area contributed by atoms with Crippen molar-refractivity contribution in [1.29, 1.82) is 0 Å². The molecule has 0 atom stereocenters. The number of rotatable bonds is 4. The average Bonchev–Trinajstić information content (AvgIpc) is 2.34. The molecule has 0 spiro atoms. The molecule has 0 bridgehead atoms. The van der Waals surface area contributed by atoms with Gasteiger partial charge in [-0.2, -0.15) is 13.2 Å². The molecule has 0 saturated heterocycles. The van der Waals surface area contributed by atoms with Crippen LogP contribution in [-0.2, 0) is 6.18 Å². The van der Waals surface area contributed by atoms with Gasteiger partial charge < -0.3 is 15.3 Å². The molecular weight excluding hydrogens is 273 g/mol. The van der Waals surface area contributed by atoms with Crippen molar-refractivity contribution in [3.8, 4) is 0 Å². The highest BCUT2D eigenvalue weighted by molar-refractivity contribution is 5.90. The van der Waals surface area contributed by atoms with Crippen LogP contribution in [0.25, 0.3) is 0 Å². The number of nitrogens with one attached hydrogen (secondary N) is 1. The molecule has 0 aromatic heterocycles. The van der Waals surface area contributed by atoms with E-state index >= 15 is 0 Å². The first-order valence-electron chi connectivity index (χ1n) is 6.12. The molecule has 0 aliphatic rings. The van der Waals surface area contributed by atoms with Crippen molar-refractivity contribution in [2.24, 2.45) is 0 Å². The lowest BCUT2D eigenvalue weighted by molar-refractivity contribution is -0.136. The minimum absolute atomic E-state index is 0.0533. The minimum atomic E-state index is -4.54. The molecule has 0 unspecified atom stereocenters. The predicted octanol–water partition coefficient (Wildman–Crippen LogP) is 2.94. The first kappa shape index (κ1) is 16.3. The van der Waals surface area contributed by atoms with Crippen molar-refractivity contribution >= 4 is 11.7 Å². The number of hydrogen-bond donors (Lipinski definition) is 2. The Labute approximate surface area is 115 Å². The Balaban J connectivity index is 2.96. The van der Waals surface area contributed by atoms with Gasteiger partial charge in [-0.3, -0.25) is 0 Å². The lowest BCUT2D eigenvalue weighted by atomic mass is 10.1. The van der Waals surface area contributed by atoms with Crippen LogP contribution in [-0.4, -0.2) is 35.2 Å². The van der Waals surface area contributed by atoms with E-state index in [1.165, 1.54) is 23.1 Å². The second-order valence-corrected chi connectivity index (χ2v) is 4.48. The topological polar surface area (TPSA) is 52.6 Å². The number of hydrogen-bond acceptors (Lipinski definition) is 2. The summed E-state index contributed by atoms with van der Waals surface area (Å²) in [5, 5.41) is 11.1. The number of halogens is 3. The van der Waals surface area contributed by atoms with E-state index in [4.69, 9.17) is 5.11 Å². The van der Waals surface area contributed by atoms with Gasteiger partial charge in [-0.15, -0.1) is 0 Å². The molecule has 112 valence electrons. The zero-order valence-corrected chi connectivity index (χ0v) is 11.2. The molecule has 0 radical (unpaired) electrons. The van der Waals surface area contributed by atoms with Crippen LogP contribution in [0.15, 0.2) is 24.3 Å². The number of alkyl halides is 3. The molecule has 0 aliphatic carbocycles. The van der Waals surface area contributed by atoms with E-state index in [1.54, 1.807) is 13.8 Å². The van der Waals surface area contributed by atoms with Gasteiger partial charge in [0.2, 0.25) is 0 Å². The third kappa shape index (κ3) is 4.12. The summed E-state index contributed by atoms with van der Waals surface area (Å²) in [4.78, 5) is 13.2. The number of aliphatic hydroxyl groups is 1. The van der Waals surface area contributed by atoms with Gasteiger partial charge in [0.05, 0.1) is 17.9 Å². The third-order valence-corrected chi connectivity index (χ3v) is 2.70. The molecule has 1 aromatic rings. The highest BCUT2D eigenvalue weighted by Gasteiger charge is 2.34. The first-order chi connectivity index (χ1) is 9.27. The summed E-state index contributed by atoms with van der Waals surface area (Å²) in [6, 6.07) is 3.86. The summed E-state index contributed by atoms with van der Waals surface area (Å²) in [7, 11) is 0. The van der Waals surface area contributed by atoms with Gasteiger partial charge in [0.25, 0.3) is 0 Å². The fourth-order valence-electron chi connectivity index (χ4n) is 1.73. The quantitative estimate of drug-likeness (QED) is 0.895. The molecule has 2 amide bonds. The van der Waals surface area contributed by atoms with E-state index in [2.05, 4.69) is 5.32 Å². The monoisotopic (exact) mass is 290 g/mol. The number of anilines is 1. The maximum absolute atomic E-state index is 12.8. The number of nitrogens with zero attached hydrogens (tertiary/aromatic N) is 1. The highest BCUT2D eigenvalue weighted by Crippen LogP contribution is 2.34. The number of carbonyl (C=O) groups excluding carboxylic acids is 1. The SMILES string of the molecule is CC(C)N(CCO)C(=O)Nc1ccccc1C(F)(F)F. The van der Waals surface area contributed by atoms with Gasteiger partial charge in [-0.05, 0) is 26.0 Å². The van der Waals surface area contributed by atoms with Crippen LogP contribution in [0.1, 0.15) is 19.4 Å². The van der Waals surface area contributed by atoms with Gasteiger partial charge in [0.1, 0.15) is 0 Å². The molecular formula is C13H17F3N2O2. The molecule has 7 heteroatoms. The zero-order chi connectivity index (χ0) is 15.3. The number of benzene rings is 1. The molecule has 0 aliphatic heterocycles. The summed E-state index contributed by atoms with van der Waals surface area (Å²) in [6.45, 7) is 3.22. The van der Waals surface area contributed by atoms with Gasteiger partial charge >= 0.3 is 12.2 Å². The standard InChI is InChI=1S/C13H17F3N2O2/c1-9(2)18(7-8-19)12(20)17-11-6-4-3-5-10(11)13(14,15)16/h3-6,9,19H,7-8H2,1-2H3,(H,17,20).